The molecule has 1 rings (SSSR count). The van der Waals surface area contributed by atoms with Gasteiger partial charge < -0.3 is 11.1 Å². The van der Waals surface area contributed by atoms with E-state index in [0.29, 0.717) is 12.0 Å². The Morgan fingerprint density at radius 3 is 2.71 bits per heavy atom. The molecule has 1 aliphatic rings. The topological polar surface area (TPSA) is 55.1 Å². The first-order valence-corrected chi connectivity index (χ1v) is 7.14. The molecule has 3 nitrogen and oxygen atoms in total. The van der Waals surface area contributed by atoms with E-state index in [-0.39, 0.29) is 17.9 Å². The van der Waals surface area contributed by atoms with Crippen LogP contribution in [0.1, 0.15) is 59.3 Å². The molecule has 0 aromatic carbocycles. The number of amides is 1. The average Bonchev–Trinajstić information content (AvgIpc) is 2.31. The van der Waals surface area contributed by atoms with Gasteiger partial charge in [0.1, 0.15) is 0 Å². The Bertz CT molecular complexity index is 242. The van der Waals surface area contributed by atoms with Crippen LogP contribution < -0.4 is 11.1 Å². The molecule has 17 heavy (non-hydrogen) atoms. The van der Waals surface area contributed by atoms with E-state index in [2.05, 4.69) is 26.1 Å². The third-order valence-electron chi connectivity index (χ3n) is 4.05. The van der Waals surface area contributed by atoms with Crippen LogP contribution in [-0.4, -0.2) is 18.0 Å². The Balaban J connectivity index is 2.49. The highest BCUT2D eigenvalue weighted by Crippen LogP contribution is 2.29. The number of carbonyl (C=O) groups excluding carboxylic acids is 1. The normalized spacial score (nSPS) is 30.9. The van der Waals surface area contributed by atoms with Gasteiger partial charge in [-0.3, -0.25) is 4.79 Å². The van der Waals surface area contributed by atoms with E-state index < -0.39 is 0 Å². The van der Waals surface area contributed by atoms with Crippen LogP contribution in [-0.2, 0) is 4.79 Å². The number of nitrogens with one attached hydrogen (secondary N) is 1. The lowest BCUT2D eigenvalue weighted by atomic mass is 9.77. The minimum Gasteiger partial charge on any atom is -0.353 e. The monoisotopic (exact) mass is 240 g/mol. The summed E-state index contributed by atoms with van der Waals surface area (Å²) in [5, 5.41) is 3.19. The summed E-state index contributed by atoms with van der Waals surface area (Å²) in [7, 11) is 0. The molecular formula is C14H28N2O. The summed E-state index contributed by atoms with van der Waals surface area (Å²) in [6, 6.07) is 0.561. The molecule has 0 aromatic heterocycles. The van der Waals surface area contributed by atoms with Gasteiger partial charge in [-0.1, -0.05) is 27.2 Å². The molecule has 4 atom stereocenters. The van der Waals surface area contributed by atoms with Crippen LogP contribution in [0.5, 0.6) is 0 Å². The van der Waals surface area contributed by atoms with Gasteiger partial charge in [0.15, 0.2) is 0 Å². The molecule has 0 spiro atoms. The zero-order valence-corrected chi connectivity index (χ0v) is 11.5. The minimum absolute atomic E-state index is 0.129. The molecule has 3 N–H and O–H groups in total. The summed E-state index contributed by atoms with van der Waals surface area (Å²) in [6.45, 7) is 6.47. The standard InChI is InChI=1S/C14H28N2O/c1-4-6-12(5-2)16-14(17)13-9-11(15)8-7-10(13)3/h10-13H,4-9,15H2,1-3H3,(H,16,17). The fourth-order valence-electron chi connectivity index (χ4n) is 2.75. The molecule has 0 aliphatic heterocycles. The first-order chi connectivity index (χ1) is 8.08. The van der Waals surface area contributed by atoms with E-state index in [4.69, 9.17) is 5.73 Å². The van der Waals surface area contributed by atoms with Gasteiger partial charge in [-0.05, 0) is 38.0 Å². The molecule has 4 unspecified atom stereocenters. The SMILES string of the molecule is CCCC(CC)NC(=O)C1CC(N)CCC1C. The summed E-state index contributed by atoms with van der Waals surface area (Å²) in [5.41, 5.74) is 5.97. The predicted octanol–water partition coefficient (Wildman–Crippen LogP) is 2.44. The van der Waals surface area contributed by atoms with Crippen molar-refractivity contribution in [3.63, 3.8) is 0 Å². The maximum atomic E-state index is 12.2. The molecule has 0 heterocycles. The maximum Gasteiger partial charge on any atom is 0.223 e. The summed E-state index contributed by atoms with van der Waals surface area (Å²) < 4.78 is 0. The zero-order valence-electron chi connectivity index (χ0n) is 11.5. The van der Waals surface area contributed by atoms with E-state index in [1.165, 1.54) is 0 Å². The van der Waals surface area contributed by atoms with E-state index in [1.54, 1.807) is 0 Å². The quantitative estimate of drug-likeness (QED) is 0.775. The molecule has 1 fully saturated rings. The molecule has 0 bridgehead atoms. The Kier molecular flexibility index (Phi) is 5.96. The first-order valence-electron chi connectivity index (χ1n) is 7.14. The van der Waals surface area contributed by atoms with Gasteiger partial charge in [-0.2, -0.15) is 0 Å². The Morgan fingerprint density at radius 2 is 2.12 bits per heavy atom. The second-order valence-corrected chi connectivity index (χ2v) is 5.56. The van der Waals surface area contributed by atoms with Crippen LogP contribution in [0.3, 0.4) is 0 Å². The Hall–Kier alpha value is -0.570. The molecule has 0 aromatic rings. The summed E-state index contributed by atoms with van der Waals surface area (Å²) in [5.74, 6) is 0.839. The molecule has 100 valence electrons. The lowest BCUT2D eigenvalue weighted by molar-refractivity contribution is -0.128. The highest BCUT2D eigenvalue weighted by atomic mass is 16.1. The molecule has 3 heteroatoms. The number of carbonyl (C=O) groups is 1. The second kappa shape index (κ2) is 7.00. The van der Waals surface area contributed by atoms with E-state index >= 15 is 0 Å². The van der Waals surface area contributed by atoms with Crippen molar-refractivity contribution in [1.29, 1.82) is 0 Å². The Morgan fingerprint density at radius 1 is 1.41 bits per heavy atom. The van der Waals surface area contributed by atoms with Crippen LogP contribution in [0.15, 0.2) is 0 Å². The molecule has 0 radical (unpaired) electrons. The summed E-state index contributed by atoms with van der Waals surface area (Å²) in [4.78, 5) is 12.2. The highest BCUT2D eigenvalue weighted by molar-refractivity contribution is 5.79. The van der Waals surface area contributed by atoms with Crippen molar-refractivity contribution in [1.82, 2.24) is 5.32 Å². The van der Waals surface area contributed by atoms with Crippen molar-refractivity contribution >= 4 is 5.91 Å². The van der Waals surface area contributed by atoms with Crippen molar-refractivity contribution in [2.75, 3.05) is 0 Å². The van der Waals surface area contributed by atoms with Gasteiger partial charge in [-0.25, -0.2) is 0 Å². The van der Waals surface area contributed by atoms with Crippen molar-refractivity contribution < 1.29 is 4.79 Å². The van der Waals surface area contributed by atoms with Crippen LogP contribution in [0.25, 0.3) is 0 Å². The number of hydrogen-bond acceptors (Lipinski definition) is 2. The highest BCUT2D eigenvalue weighted by Gasteiger charge is 2.31. The summed E-state index contributed by atoms with van der Waals surface area (Å²) >= 11 is 0. The molecule has 1 aliphatic carbocycles. The van der Waals surface area contributed by atoms with Crippen LogP contribution in [0.2, 0.25) is 0 Å². The molecule has 1 saturated carbocycles. The second-order valence-electron chi connectivity index (χ2n) is 5.56. The third kappa shape index (κ3) is 4.30. The predicted molar refractivity (Wildman–Crippen MR) is 71.6 cm³/mol. The van der Waals surface area contributed by atoms with Crippen LogP contribution in [0.4, 0.5) is 0 Å². The van der Waals surface area contributed by atoms with Crippen molar-refractivity contribution in [3.05, 3.63) is 0 Å². The average molecular weight is 240 g/mol. The van der Waals surface area contributed by atoms with Gasteiger partial charge in [0.2, 0.25) is 5.91 Å². The molecular weight excluding hydrogens is 212 g/mol. The zero-order chi connectivity index (χ0) is 12.8. The lowest BCUT2D eigenvalue weighted by Gasteiger charge is -2.32. The Labute approximate surface area is 106 Å². The van der Waals surface area contributed by atoms with Crippen LogP contribution >= 0.6 is 0 Å². The van der Waals surface area contributed by atoms with E-state index in [0.717, 1.165) is 38.5 Å². The fourth-order valence-corrected chi connectivity index (χ4v) is 2.75. The van der Waals surface area contributed by atoms with Gasteiger partial charge in [0.25, 0.3) is 0 Å². The molecule has 1 amide bonds. The van der Waals surface area contributed by atoms with E-state index in [9.17, 15) is 4.79 Å². The van der Waals surface area contributed by atoms with Crippen molar-refractivity contribution in [2.24, 2.45) is 17.6 Å². The van der Waals surface area contributed by atoms with Crippen LogP contribution in [0, 0.1) is 11.8 Å². The molecule has 0 saturated heterocycles. The first kappa shape index (κ1) is 14.5. The smallest absolute Gasteiger partial charge is 0.223 e. The lowest BCUT2D eigenvalue weighted by Crippen LogP contribution is -2.44. The van der Waals surface area contributed by atoms with E-state index in [1.807, 2.05) is 0 Å². The van der Waals surface area contributed by atoms with Crippen molar-refractivity contribution in [2.45, 2.75) is 71.4 Å². The number of rotatable bonds is 5. The third-order valence-corrected chi connectivity index (χ3v) is 4.05. The van der Waals surface area contributed by atoms with Crippen molar-refractivity contribution in [3.8, 4) is 0 Å². The largest absolute Gasteiger partial charge is 0.353 e. The summed E-state index contributed by atoms with van der Waals surface area (Å²) in [6.07, 6.45) is 6.23. The number of nitrogens with two attached hydrogens (primary N) is 1. The number of hydrogen-bond donors (Lipinski definition) is 2. The van der Waals surface area contributed by atoms with Gasteiger partial charge >= 0.3 is 0 Å². The van der Waals surface area contributed by atoms with Gasteiger partial charge in [0, 0.05) is 18.0 Å². The maximum absolute atomic E-state index is 12.2. The minimum atomic E-state index is 0.129. The van der Waals surface area contributed by atoms with Gasteiger partial charge in [-0.15, -0.1) is 0 Å². The van der Waals surface area contributed by atoms with Gasteiger partial charge in [0.05, 0.1) is 0 Å². The fraction of sp³-hybridized carbons (Fsp3) is 0.929.